The summed E-state index contributed by atoms with van der Waals surface area (Å²) in [5, 5.41) is 0. The van der Waals surface area contributed by atoms with E-state index in [1.165, 1.54) is 6.07 Å². The first-order chi connectivity index (χ1) is 8.77. The Morgan fingerprint density at radius 3 is 2.37 bits per heavy atom. The Balaban J connectivity index is 2.26. The minimum atomic E-state index is -0.605. The van der Waals surface area contributed by atoms with Crippen molar-refractivity contribution in [3.63, 3.8) is 0 Å². The van der Waals surface area contributed by atoms with Gasteiger partial charge in [0.25, 0.3) is 0 Å². The highest BCUT2D eigenvalue weighted by atomic mass is 19.1. The Kier molecular flexibility index (Phi) is 3.42. The number of aromatic nitrogens is 1. The zero-order chi connectivity index (χ0) is 14.3. The number of hydrogen-bond acceptors (Lipinski definition) is 3. The molecule has 0 aliphatic carbocycles. The van der Waals surface area contributed by atoms with E-state index in [0.29, 0.717) is 5.46 Å². The number of halogens is 1. The van der Waals surface area contributed by atoms with E-state index in [4.69, 9.17) is 15.7 Å². The van der Waals surface area contributed by atoms with Crippen molar-refractivity contribution < 1.29 is 13.7 Å². The molecule has 0 amide bonds. The topological polar surface area (TPSA) is 31.4 Å². The summed E-state index contributed by atoms with van der Waals surface area (Å²) in [6.45, 7) is 7.79. The first-order valence-electron chi connectivity index (χ1n) is 6.20. The Morgan fingerprint density at radius 1 is 1.32 bits per heavy atom. The molecule has 0 bridgehead atoms. The fourth-order valence-electron chi connectivity index (χ4n) is 1.82. The lowest BCUT2D eigenvalue weighted by Crippen LogP contribution is -2.41. The Morgan fingerprint density at radius 2 is 1.89 bits per heavy atom. The smallest absolute Gasteiger partial charge is 0.399 e. The highest BCUT2D eigenvalue weighted by Crippen LogP contribution is 2.36. The monoisotopic (exact) mass is 261 g/mol. The van der Waals surface area contributed by atoms with Gasteiger partial charge in [-0.2, -0.15) is 0 Å². The zero-order valence-corrected chi connectivity index (χ0v) is 11.7. The summed E-state index contributed by atoms with van der Waals surface area (Å²) in [7, 11) is -0.605. The van der Waals surface area contributed by atoms with Gasteiger partial charge >= 0.3 is 7.12 Å². The summed E-state index contributed by atoms with van der Waals surface area (Å²) >= 11 is 0. The van der Waals surface area contributed by atoms with Crippen LogP contribution >= 0.6 is 0 Å². The minimum Gasteiger partial charge on any atom is -0.399 e. The van der Waals surface area contributed by atoms with Crippen LogP contribution < -0.4 is 5.46 Å². The average molecular weight is 261 g/mol. The molecule has 1 aliphatic rings. The van der Waals surface area contributed by atoms with E-state index in [0.717, 1.165) is 0 Å². The van der Waals surface area contributed by atoms with Crippen LogP contribution in [-0.2, 0) is 15.7 Å². The molecule has 1 fully saturated rings. The molecule has 3 nitrogen and oxygen atoms in total. The summed E-state index contributed by atoms with van der Waals surface area (Å²) in [4.78, 5) is 4.03. The second kappa shape index (κ2) is 4.62. The molecule has 1 aliphatic heterocycles. The van der Waals surface area contributed by atoms with Crippen LogP contribution in [0.5, 0.6) is 0 Å². The molecule has 2 rings (SSSR count). The SMILES string of the molecule is C#CCc1ncc(B2OC(C)(C)C(C)(C)O2)cc1F. The van der Waals surface area contributed by atoms with Crippen molar-refractivity contribution in [2.45, 2.75) is 45.3 Å². The normalized spacial score (nSPS) is 20.3. The molecule has 19 heavy (non-hydrogen) atoms. The molecular weight excluding hydrogens is 244 g/mol. The van der Waals surface area contributed by atoms with Gasteiger partial charge in [0.15, 0.2) is 0 Å². The third kappa shape index (κ3) is 2.51. The van der Waals surface area contributed by atoms with Gasteiger partial charge in [0.1, 0.15) is 5.82 Å². The van der Waals surface area contributed by atoms with Gasteiger partial charge < -0.3 is 9.31 Å². The highest BCUT2D eigenvalue weighted by Gasteiger charge is 2.51. The molecule has 1 saturated heterocycles. The van der Waals surface area contributed by atoms with E-state index in [1.54, 1.807) is 6.20 Å². The van der Waals surface area contributed by atoms with Crippen LogP contribution in [0, 0.1) is 18.2 Å². The van der Waals surface area contributed by atoms with Crippen LogP contribution in [-0.4, -0.2) is 23.3 Å². The maximum Gasteiger partial charge on any atom is 0.496 e. The second-order valence-electron chi connectivity index (χ2n) is 5.67. The quantitative estimate of drug-likeness (QED) is 0.599. The van der Waals surface area contributed by atoms with Crippen molar-refractivity contribution in [3.8, 4) is 12.3 Å². The van der Waals surface area contributed by atoms with E-state index < -0.39 is 24.1 Å². The summed E-state index contributed by atoms with van der Waals surface area (Å²) in [6.07, 6.45) is 6.88. The number of terminal acetylenes is 1. The molecule has 0 unspecified atom stereocenters. The fourth-order valence-corrected chi connectivity index (χ4v) is 1.82. The lowest BCUT2D eigenvalue weighted by molar-refractivity contribution is 0.00578. The van der Waals surface area contributed by atoms with E-state index in [1.807, 2.05) is 27.7 Å². The molecule has 2 heterocycles. The molecule has 0 saturated carbocycles. The van der Waals surface area contributed by atoms with Gasteiger partial charge in [0.05, 0.1) is 23.3 Å². The average Bonchev–Trinajstić information content (AvgIpc) is 2.51. The van der Waals surface area contributed by atoms with Gasteiger partial charge in [0, 0.05) is 11.7 Å². The molecule has 0 atom stereocenters. The first-order valence-corrected chi connectivity index (χ1v) is 6.20. The summed E-state index contributed by atoms with van der Waals surface area (Å²) < 4.78 is 25.5. The lowest BCUT2D eigenvalue weighted by Gasteiger charge is -2.32. The minimum absolute atomic E-state index is 0.176. The predicted octanol–water partition coefficient (Wildman–Crippen LogP) is 1.70. The summed E-state index contributed by atoms with van der Waals surface area (Å²) in [5.41, 5.74) is -0.0725. The van der Waals surface area contributed by atoms with Crippen molar-refractivity contribution in [3.05, 3.63) is 23.8 Å². The molecule has 100 valence electrons. The lowest BCUT2D eigenvalue weighted by atomic mass is 9.80. The maximum absolute atomic E-state index is 13.8. The van der Waals surface area contributed by atoms with E-state index in [-0.39, 0.29) is 12.1 Å². The largest absolute Gasteiger partial charge is 0.496 e. The number of pyridine rings is 1. The highest BCUT2D eigenvalue weighted by molar-refractivity contribution is 6.62. The third-order valence-electron chi connectivity index (χ3n) is 3.73. The van der Waals surface area contributed by atoms with Crippen LogP contribution in [0.15, 0.2) is 12.3 Å². The molecule has 1 aromatic rings. The van der Waals surface area contributed by atoms with Gasteiger partial charge in [-0.05, 0) is 33.8 Å². The maximum atomic E-state index is 13.8. The van der Waals surface area contributed by atoms with Crippen LogP contribution in [0.3, 0.4) is 0 Å². The van der Waals surface area contributed by atoms with Crippen LogP contribution in [0.25, 0.3) is 0 Å². The van der Waals surface area contributed by atoms with Crippen molar-refractivity contribution in [1.82, 2.24) is 4.98 Å². The molecule has 0 aromatic carbocycles. The predicted molar refractivity (Wildman–Crippen MR) is 72.4 cm³/mol. The van der Waals surface area contributed by atoms with Crippen molar-refractivity contribution >= 4 is 12.6 Å². The van der Waals surface area contributed by atoms with Crippen LogP contribution in [0.2, 0.25) is 0 Å². The number of nitrogens with zero attached hydrogens (tertiary/aromatic N) is 1. The Hall–Kier alpha value is -1.38. The van der Waals surface area contributed by atoms with Gasteiger partial charge in [-0.1, -0.05) is 0 Å². The summed E-state index contributed by atoms with van der Waals surface area (Å²) in [5.74, 6) is 1.95. The molecular formula is C14H17BFNO2. The van der Waals surface area contributed by atoms with Crippen LogP contribution in [0.4, 0.5) is 4.39 Å². The van der Waals surface area contributed by atoms with E-state index in [9.17, 15) is 4.39 Å². The van der Waals surface area contributed by atoms with Gasteiger partial charge in [-0.25, -0.2) is 4.39 Å². The zero-order valence-electron chi connectivity index (χ0n) is 11.7. The van der Waals surface area contributed by atoms with E-state index in [2.05, 4.69) is 10.9 Å². The number of rotatable bonds is 2. The first kappa shape index (κ1) is 14.0. The van der Waals surface area contributed by atoms with Crippen molar-refractivity contribution in [1.29, 1.82) is 0 Å². The molecule has 0 N–H and O–H groups in total. The summed E-state index contributed by atoms with van der Waals surface area (Å²) in [6, 6.07) is 1.38. The van der Waals surface area contributed by atoms with Crippen LogP contribution in [0.1, 0.15) is 33.4 Å². The van der Waals surface area contributed by atoms with Crippen molar-refractivity contribution in [2.75, 3.05) is 0 Å². The fraction of sp³-hybridized carbons (Fsp3) is 0.500. The third-order valence-corrected chi connectivity index (χ3v) is 3.73. The molecule has 0 radical (unpaired) electrons. The molecule has 5 heteroatoms. The standard InChI is InChI=1S/C14H17BFNO2/c1-6-7-12-11(16)8-10(9-17-12)15-18-13(2,3)14(4,5)19-15/h1,8-9H,7H2,2-5H3. The van der Waals surface area contributed by atoms with E-state index >= 15 is 0 Å². The molecule has 0 spiro atoms. The second-order valence-corrected chi connectivity index (χ2v) is 5.67. The molecule has 1 aromatic heterocycles. The van der Waals surface area contributed by atoms with Gasteiger partial charge in [-0.3, -0.25) is 4.98 Å². The number of hydrogen-bond donors (Lipinski definition) is 0. The van der Waals surface area contributed by atoms with Gasteiger partial charge in [-0.15, -0.1) is 12.3 Å². The Labute approximate surface area is 113 Å². The van der Waals surface area contributed by atoms with Gasteiger partial charge in [0.2, 0.25) is 0 Å². The van der Waals surface area contributed by atoms with Crippen molar-refractivity contribution in [2.24, 2.45) is 0 Å². The Bertz CT molecular complexity index is 521.